The molecule has 2 N–H and O–H groups in total. The topological polar surface area (TPSA) is 115 Å². The number of carbonyl (C=O) groups excluding carboxylic acids is 3. The van der Waals surface area contributed by atoms with E-state index in [-0.39, 0.29) is 37.1 Å². The maximum atomic E-state index is 14.1. The number of hydrogen-bond donors (Lipinski definition) is 2. The van der Waals surface area contributed by atoms with Crippen LogP contribution in [0.5, 0.6) is 11.5 Å². The van der Waals surface area contributed by atoms with Gasteiger partial charge in [0.25, 0.3) is 5.91 Å². The number of carbonyl (C=O) groups is 3. The number of nitrogens with one attached hydrogen (secondary N) is 2. The third-order valence-corrected chi connectivity index (χ3v) is 6.58. The zero-order valence-corrected chi connectivity index (χ0v) is 23.1. The van der Waals surface area contributed by atoms with Crippen LogP contribution in [-0.2, 0) is 16.1 Å². The Morgan fingerprint density at radius 1 is 1.18 bits per heavy atom. The minimum Gasteiger partial charge on any atom is -0.493 e. The number of fused-ring (bicyclic) bond motifs is 4. The van der Waals surface area contributed by atoms with Gasteiger partial charge >= 0.3 is 0 Å². The summed E-state index contributed by atoms with van der Waals surface area (Å²) in [6.45, 7) is 5.80. The van der Waals surface area contributed by atoms with Crippen LogP contribution in [0.1, 0.15) is 29.8 Å². The first-order chi connectivity index (χ1) is 19.2. The number of hydrogen-bond acceptors (Lipinski definition) is 6. The minimum atomic E-state index is -0.811. The molecule has 0 aliphatic carbocycles. The maximum Gasteiger partial charge on any atom is 0.254 e. The first-order valence-corrected chi connectivity index (χ1v) is 13.1. The highest BCUT2D eigenvalue weighted by Gasteiger charge is 2.27. The first-order valence-electron chi connectivity index (χ1n) is 13.1. The summed E-state index contributed by atoms with van der Waals surface area (Å²) >= 11 is 0. The van der Waals surface area contributed by atoms with E-state index < -0.39 is 23.7 Å². The Bertz CT molecular complexity index is 1370. The molecule has 11 heteroatoms. The van der Waals surface area contributed by atoms with E-state index in [9.17, 15) is 18.8 Å². The van der Waals surface area contributed by atoms with E-state index in [0.717, 1.165) is 11.6 Å². The van der Waals surface area contributed by atoms with E-state index in [1.165, 1.54) is 18.1 Å². The van der Waals surface area contributed by atoms with E-state index in [2.05, 4.69) is 15.6 Å². The minimum absolute atomic E-state index is 0.0162. The second-order valence-electron chi connectivity index (χ2n) is 9.98. The molecule has 1 aliphatic rings. The summed E-state index contributed by atoms with van der Waals surface area (Å²) in [6, 6.07) is 8.61. The van der Waals surface area contributed by atoms with Gasteiger partial charge in [-0.25, -0.2) is 9.37 Å². The van der Waals surface area contributed by atoms with Crippen LogP contribution in [0.3, 0.4) is 0 Å². The van der Waals surface area contributed by atoms with Crippen LogP contribution in [0.4, 0.5) is 4.39 Å². The molecule has 3 amide bonds. The van der Waals surface area contributed by atoms with Gasteiger partial charge in [-0.15, -0.1) is 0 Å². The molecule has 0 fully saturated rings. The molecule has 2 bridgehead atoms. The molecule has 2 aromatic carbocycles. The average molecular weight is 552 g/mol. The highest BCUT2D eigenvalue weighted by Crippen LogP contribution is 2.32. The SMILES string of the molecule is COc1ccc2cc1OCCN(C(=O)c1cc(C)cc(F)c1)CC(=O)N[C@H](C(C)C)C(=O)NCCn1ccnc1-2. The van der Waals surface area contributed by atoms with Crippen molar-refractivity contribution in [3.05, 3.63) is 65.7 Å². The number of ether oxygens (including phenoxy) is 2. The fourth-order valence-electron chi connectivity index (χ4n) is 4.58. The summed E-state index contributed by atoms with van der Waals surface area (Å²) in [4.78, 5) is 45.3. The molecule has 0 radical (unpaired) electrons. The highest BCUT2D eigenvalue weighted by molar-refractivity contribution is 5.97. The number of aryl methyl sites for hydroxylation is 1. The molecule has 0 saturated heterocycles. The summed E-state index contributed by atoms with van der Waals surface area (Å²) in [5.74, 6) is -0.536. The monoisotopic (exact) mass is 551 g/mol. The van der Waals surface area contributed by atoms with Crippen LogP contribution in [0, 0.1) is 18.7 Å². The summed E-state index contributed by atoms with van der Waals surface area (Å²) in [7, 11) is 1.53. The van der Waals surface area contributed by atoms with Gasteiger partial charge in [0.1, 0.15) is 24.3 Å². The van der Waals surface area contributed by atoms with Gasteiger partial charge in [0, 0.05) is 36.6 Å². The smallest absolute Gasteiger partial charge is 0.254 e. The predicted molar refractivity (Wildman–Crippen MR) is 147 cm³/mol. The molecule has 40 heavy (non-hydrogen) atoms. The van der Waals surface area contributed by atoms with Gasteiger partial charge in [-0.1, -0.05) is 13.8 Å². The van der Waals surface area contributed by atoms with E-state index in [4.69, 9.17) is 9.47 Å². The number of amides is 3. The molecule has 0 spiro atoms. The Balaban J connectivity index is 1.68. The lowest BCUT2D eigenvalue weighted by Gasteiger charge is -2.26. The number of methoxy groups -OCH3 is 1. The normalized spacial score (nSPS) is 16.9. The molecule has 10 nitrogen and oxygen atoms in total. The van der Waals surface area contributed by atoms with Crippen molar-refractivity contribution in [2.24, 2.45) is 5.92 Å². The molecular weight excluding hydrogens is 517 g/mol. The Labute approximate surface area is 232 Å². The van der Waals surface area contributed by atoms with Crippen LogP contribution in [-0.4, -0.2) is 71.6 Å². The van der Waals surface area contributed by atoms with Crippen molar-refractivity contribution in [3.8, 4) is 22.9 Å². The Morgan fingerprint density at radius 2 is 1.98 bits per heavy atom. The molecule has 212 valence electrons. The number of nitrogens with zero attached hydrogens (tertiary/aromatic N) is 3. The maximum absolute atomic E-state index is 14.1. The van der Waals surface area contributed by atoms with Gasteiger partial charge in [0.15, 0.2) is 11.5 Å². The van der Waals surface area contributed by atoms with E-state index in [0.29, 0.717) is 36.0 Å². The fraction of sp³-hybridized carbons (Fsp3) is 0.379. The number of aromatic nitrogens is 2. The molecule has 1 aromatic heterocycles. The van der Waals surface area contributed by atoms with Gasteiger partial charge in [0.2, 0.25) is 11.8 Å². The van der Waals surface area contributed by atoms with Crippen LogP contribution < -0.4 is 20.1 Å². The third kappa shape index (κ3) is 6.77. The highest BCUT2D eigenvalue weighted by atomic mass is 19.1. The van der Waals surface area contributed by atoms with Crippen molar-refractivity contribution in [3.63, 3.8) is 0 Å². The molecule has 4 rings (SSSR count). The second kappa shape index (κ2) is 12.6. The lowest BCUT2D eigenvalue weighted by atomic mass is 10.0. The zero-order valence-electron chi connectivity index (χ0n) is 23.1. The summed E-state index contributed by atoms with van der Waals surface area (Å²) in [5, 5.41) is 5.65. The summed E-state index contributed by atoms with van der Waals surface area (Å²) in [6.07, 6.45) is 3.49. The molecule has 0 unspecified atom stereocenters. The summed E-state index contributed by atoms with van der Waals surface area (Å²) < 4.78 is 27.5. The van der Waals surface area contributed by atoms with E-state index in [1.807, 2.05) is 30.7 Å². The van der Waals surface area contributed by atoms with Gasteiger partial charge in [0.05, 0.1) is 20.2 Å². The Kier molecular flexibility index (Phi) is 9.03. The molecular formula is C29H34FN5O5. The van der Waals surface area contributed by atoms with Gasteiger partial charge in [-0.3, -0.25) is 14.4 Å². The fourth-order valence-corrected chi connectivity index (χ4v) is 4.58. The van der Waals surface area contributed by atoms with Crippen LogP contribution in [0.25, 0.3) is 11.4 Å². The number of imidazole rings is 1. The Morgan fingerprint density at radius 3 is 2.70 bits per heavy atom. The van der Waals surface area contributed by atoms with Crippen molar-refractivity contribution in [2.45, 2.75) is 33.4 Å². The third-order valence-electron chi connectivity index (χ3n) is 6.58. The van der Waals surface area contributed by atoms with Gasteiger partial charge in [-0.2, -0.15) is 0 Å². The van der Waals surface area contributed by atoms with Crippen LogP contribution >= 0.6 is 0 Å². The van der Waals surface area contributed by atoms with Crippen molar-refractivity contribution in [1.82, 2.24) is 25.1 Å². The number of benzene rings is 2. The number of rotatable bonds is 3. The predicted octanol–water partition coefficient (Wildman–Crippen LogP) is 2.80. The zero-order chi connectivity index (χ0) is 28.8. The lowest BCUT2D eigenvalue weighted by molar-refractivity contribution is -0.130. The quantitative estimate of drug-likeness (QED) is 0.518. The van der Waals surface area contributed by atoms with Crippen molar-refractivity contribution in [2.75, 3.05) is 33.4 Å². The summed E-state index contributed by atoms with van der Waals surface area (Å²) in [5.41, 5.74) is 1.46. The van der Waals surface area contributed by atoms with Gasteiger partial charge < -0.3 is 29.6 Å². The molecule has 3 aromatic rings. The second-order valence-corrected chi connectivity index (χ2v) is 9.98. The van der Waals surface area contributed by atoms with E-state index >= 15 is 0 Å². The standard InChI is InChI=1S/C29H34FN5O5/c1-18(2)26-28(37)32-8-10-34-9-7-31-27(34)20-5-6-23(39-4)24(16-20)40-12-11-35(17-25(36)33-26)29(38)21-13-19(3)14-22(30)15-21/h5-7,9,13-16,18,26H,8,10-12,17H2,1-4H3,(H,32,37)(H,33,36)/t26-/m1/s1. The van der Waals surface area contributed by atoms with Crippen LogP contribution in [0.2, 0.25) is 0 Å². The van der Waals surface area contributed by atoms with Crippen LogP contribution in [0.15, 0.2) is 48.8 Å². The number of halogens is 1. The largest absolute Gasteiger partial charge is 0.493 e. The first kappa shape index (κ1) is 28.6. The molecule has 2 heterocycles. The van der Waals surface area contributed by atoms with Gasteiger partial charge in [-0.05, 0) is 54.8 Å². The lowest BCUT2D eigenvalue weighted by Crippen LogP contribution is -2.53. The van der Waals surface area contributed by atoms with Crippen molar-refractivity contribution in [1.29, 1.82) is 0 Å². The van der Waals surface area contributed by atoms with Crippen molar-refractivity contribution < 1.29 is 28.2 Å². The molecule has 1 atom stereocenters. The Hall–Kier alpha value is -4.41. The average Bonchev–Trinajstić information content (AvgIpc) is 3.38. The molecule has 0 saturated carbocycles. The van der Waals surface area contributed by atoms with Crippen molar-refractivity contribution >= 4 is 17.7 Å². The molecule has 1 aliphatic heterocycles. The van der Waals surface area contributed by atoms with E-state index in [1.54, 1.807) is 31.3 Å².